The maximum Gasteiger partial charge on any atom is 0.337 e. The van der Waals surface area contributed by atoms with Crippen LogP contribution < -0.4 is 0 Å². The Morgan fingerprint density at radius 1 is 1.59 bits per heavy atom. The van der Waals surface area contributed by atoms with E-state index in [0.29, 0.717) is 10.6 Å². The number of carbonyl (C=O) groups is 1. The number of aromatic carboxylic acids is 1. The van der Waals surface area contributed by atoms with E-state index in [0.717, 1.165) is 12.5 Å². The number of carboxylic acids is 1. The number of thioether (sulfide) groups is 1. The molecule has 1 N–H and O–H groups in total. The van der Waals surface area contributed by atoms with Gasteiger partial charge in [0.25, 0.3) is 5.69 Å². The molecule has 0 heterocycles. The van der Waals surface area contributed by atoms with Gasteiger partial charge in [0, 0.05) is 17.0 Å². The molecule has 92 valence electrons. The Labute approximate surface area is 107 Å². The van der Waals surface area contributed by atoms with Crippen LogP contribution in [0.1, 0.15) is 23.7 Å². The lowest BCUT2D eigenvalue weighted by Gasteiger charge is -2.07. The fourth-order valence-corrected chi connectivity index (χ4v) is 2.48. The van der Waals surface area contributed by atoms with Crippen molar-refractivity contribution in [1.82, 2.24) is 0 Å². The largest absolute Gasteiger partial charge is 0.478 e. The molecule has 0 saturated heterocycles. The summed E-state index contributed by atoms with van der Waals surface area (Å²) >= 11 is 7.16. The minimum absolute atomic E-state index is 0.107. The number of carboxylic acid groups (broad SMARTS) is 1. The SMILES string of the molecule is CCCSc1c(Cl)cc([N+](=O)[O-])cc1C(=O)O. The van der Waals surface area contributed by atoms with Crippen molar-refractivity contribution in [2.24, 2.45) is 0 Å². The fourth-order valence-electron chi connectivity index (χ4n) is 1.19. The summed E-state index contributed by atoms with van der Waals surface area (Å²) in [5, 5.41) is 19.7. The first-order chi connectivity index (χ1) is 7.97. The van der Waals surface area contributed by atoms with Crippen molar-refractivity contribution in [3.63, 3.8) is 0 Å². The Bertz CT molecular complexity index is 464. The van der Waals surface area contributed by atoms with Gasteiger partial charge in [0.2, 0.25) is 0 Å². The molecule has 7 heteroatoms. The van der Waals surface area contributed by atoms with Gasteiger partial charge in [0.1, 0.15) is 0 Å². The van der Waals surface area contributed by atoms with Crippen molar-refractivity contribution < 1.29 is 14.8 Å². The lowest BCUT2D eigenvalue weighted by Crippen LogP contribution is -2.02. The second-order valence-electron chi connectivity index (χ2n) is 3.22. The van der Waals surface area contributed by atoms with E-state index < -0.39 is 10.9 Å². The summed E-state index contributed by atoms with van der Waals surface area (Å²) in [6.45, 7) is 1.95. The minimum Gasteiger partial charge on any atom is -0.478 e. The second kappa shape index (κ2) is 5.88. The second-order valence-corrected chi connectivity index (χ2v) is 4.73. The molecule has 0 aromatic heterocycles. The predicted molar refractivity (Wildman–Crippen MR) is 66.1 cm³/mol. The van der Waals surface area contributed by atoms with Crippen molar-refractivity contribution in [2.75, 3.05) is 5.75 Å². The Morgan fingerprint density at radius 2 is 2.24 bits per heavy atom. The fraction of sp³-hybridized carbons (Fsp3) is 0.300. The van der Waals surface area contributed by atoms with Gasteiger partial charge in [-0.05, 0) is 12.2 Å². The number of non-ortho nitro benzene ring substituents is 1. The standard InChI is InChI=1S/C10H10ClNO4S/c1-2-3-17-9-7(10(13)14)4-6(12(15)16)5-8(9)11/h4-5H,2-3H2,1H3,(H,13,14). The molecule has 0 bridgehead atoms. The monoisotopic (exact) mass is 275 g/mol. The maximum atomic E-state index is 11.0. The van der Waals surface area contributed by atoms with Crippen LogP contribution in [0.5, 0.6) is 0 Å². The summed E-state index contributed by atoms with van der Waals surface area (Å²) < 4.78 is 0. The van der Waals surface area contributed by atoms with Gasteiger partial charge in [-0.1, -0.05) is 18.5 Å². The highest BCUT2D eigenvalue weighted by Crippen LogP contribution is 2.34. The zero-order valence-corrected chi connectivity index (χ0v) is 10.5. The first-order valence-corrected chi connectivity index (χ1v) is 6.17. The molecule has 0 aliphatic carbocycles. The number of hydrogen-bond donors (Lipinski definition) is 1. The minimum atomic E-state index is -1.21. The van der Waals surface area contributed by atoms with Gasteiger partial charge in [-0.15, -0.1) is 11.8 Å². The van der Waals surface area contributed by atoms with Gasteiger partial charge in [-0.25, -0.2) is 4.79 Å². The molecule has 0 atom stereocenters. The third-order valence-corrected chi connectivity index (χ3v) is 3.67. The highest BCUT2D eigenvalue weighted by molar-refractivity contribution is 7.99. The number of halogens is 1. The first kappa shape index (κ1) is 13.8. The van der Waals surface area contributed by atoms with Gasteiger partial charge in [0.15, 0.2) is 0 Å². The van der Waals surface area contributed by atoms with Gasteiger partial charge in [-0.2, -0.15) is 0 Å². The molecule has 0 aliphatic rings. The molecule has 17 heavy (non-hydrogen) atoms. The molecule has 0 fully saturated rings. The molecule has 1 rings (SSSR count). The van der Waals surface area contributed by atoms with E-state index in [2.05, 4.69) is 0 Å². The van der Waals surface area contributed by atoms with Crippen LogP contribution in [0.15, 0.2) is 17.0 Å². The summed E-state index contributed by atoms with van der Waals surface area (Å²) in [5.41, 5.74) is -0.434. The molecule has 1 aromatic carbocycles. The van der Waals surface area contributed by atoms with Gasteiger partial charge >= 0.3 is 5.97 Å². The number of nitrogens with zero attached hydrogens (tertiary/aromatic N) is 1. The van der Waals surface area contributed by atoms with Crippen molar-refractivity contribution in [2.45, 2.75) is 18.2 Å². The third-order valence-electron chi connectivity index (χ3n) is 1.92. The molecule has 0 saturated carbocycles. The number of rotatable bonds is 5. The number of nitro groups is 1. The highest BCUT2D eigenvalue weighted by Gasteiger charge is 2.20. The summed E-state index contributed by atoms with van der Waals surface area (Å²) in [5.74, 6) is -0.508. The Morgan fingerprint density at radius 3 is 2.71 bits per heavy atom. The first-order valence-electron chi connectivity index (χ1n) is 4.81. The van der Waals surface area contributed by atoms with Crippen molar-refractivity contribution in [1.29, 1.82) is 0 Å². The molecular weight excluding hydrogens is 266 g/mol. The van der Waals surface area contributed by atoms with Crippen LogP contribution >= 0.6 is 23.4 Å². The summed E-state index contributed by atoms with van der Waals surface area (Å²) in [6.07, 6.45) is 0.858. The van der Waals surface area contributed by atoms with Crippen LogP contribution in [-0.2, 0) is 0 Å². The number of hydrogen-bond acceptors (Lipinski definition) is 4. The van der Waals surface area contributed by atoms with Gasteiger partial charge < -0.3 is 5.11 Å². The molecule has 0 spiro atoms. The van der Waals surface area contributed by atoms with Crippen LogP contribution in [0.2, 0.25) is 5.02 Å². The lowest BCUT2D eigenvalue weighted by molar-refractivity contribution is -0.384. The summed E-state index contributed by atoms with van der Waals surface area (Å²) in [7, 11) is 0. The van der Waals surface area contributed by atoms with E-state index in [1.807, 2.05) is 6.92 Å². The van der Waals surface area contributed by atoms with Gasteiger partial charge in [0.05, 0.1) is 15.5 Å². The molecule has 1 aromatic rings. The maximum absolute atomic E-state index is 11.0. The van der Waals surface area contributed by atoms with E-state index in [4.69, 9.17) is 16.7 Å². The number of nitro benzene ring substituents is 1. The molecule has 0 unspecified atom stereocenters. The van der Waals surface area contributed by atoms with Crippen LogP contribution in [0.3, 0.4) is 0 Å². The molecule has 0 radical (unpaired) electrons. The zero-order valence-electron chi connectivity index (χ0n) is 8.97. The molecule has 5 nitrogen and oxygen atoms in total. The zero-order chi connectivity index (χ0) is 13.0. The quantitative estimate of drug-likeness (QED) is 0.506. The molecule has 0 aliphatic heterocycles. The van der Waals surface area contributed by atoms with Crippen LogP contribution in [-0.4, -0.2) is 21.8 Å². The van der Waals surface area contributed by atoms with E-state index in [1.54, 1.807) is 0 Å². The molecular formula is C10H10ClNO4S. The summed E-state index contributed by atoms with van der Waals surface area (Å²) in [4.78, 5) is 21.3. The molecule has 0 amide bonds. The number of benzene rings is 1. The van der Waals surface area contributed by atoms with E-state index in [-0.39, 0.29) is 16.3 Å². The van der Waals surface area contributed by atoms with Crippen LogP contribution in [0.25, 0.3) is 0 Å². The Hall–Kier alpha value is -1.27. The smallest absolute Gasteiger partial charge is 0.337 e. The third kappa shape index (κ3) is 3.34. The lowest BCUT2D eigenvalue weighted by atomic mass is 10.2. The van der Waals surface area contributed by atoms with Crippen molar-refractivity contribution in [3.05, 3.63) is 32.8 Å². The van der Waals surface area contributed by atoms with E-state index >= 15 is 0 Å². The van der Waals surface area contributed by atoms with Crippen molar-refractivity contribution >= 4 is 35.0 Å². The Kier molecular flexibility index (Phi) is 4.77. The highest BCUT2D eigenvalue weighted by atomic mass is 35.5. The average molecular weight is 276 g/mol. The normalized spacial score (nSPS) is 10.2. The van der Waals surface area contributed by atoms with E-state index in [1.165, 1.54) is 17.8 Å². The van der Waals surface area contributed by atoms with E-state index in [9.17, 15) is 14.9 Å². The average Bonchev–Trinajstić information content (AvgIpc) is 2.26. The van der Waals surface area contributed by atoms with Crippen LogP contribution in [0, 0.1) is 10.1 Å². The predicted octanol–water partition coefficient (Wildman–Crippen LogP) is 3.45. The van der Waals surface area contributed by atoms with Crippen LogP contribution in [0.4, 0.5) is 5.69 Å². The van der Waals surface area contributed by atoms with Crippen molar-refractivity contribution in [3.8, 4) is 0 Å². The summed E-state index contributed by atoms with van der Waals surface area (Å²) in [6, 6.07) is 2.21. The topological polar surface area (TPSA) is 80.4 Å². The Balaban J connectivity index is 3.28. The van der Waals surface area contributed by atoms with Gasteiger partial charge in [-0.3, -0.25) is 10.1 Å².